The fraction of sp³-hybridized carbons (Fsp3) is 0. The van der Waals surface area contributed by atoms with Gasteiger partial charge in [-0.3, -0.25) is 0 Å². The standard InChI is InChI=1S/C12H8Cl2NOS/c13-9-1-5-11(6-2-9)15(17-16)12-7-3-10(14)4-8-12/h1-8H/q+1. The van der Waals surface area contributed by atoms with E-state index in [2.05, 4.69) is 0 Å². The Kier molecular flexibility index (Phi) is 3.94. The van der Waals surface area contributed by atoms with Crippen molar-refractivity contribution >= 4 is 46.4 Å². The Morgan fingerprint density at radius 3 is 1.41 bits per heavy atom. The fourth-order valence-corrected chi connectivity index (χ4v) is 2.06. The van der Waals surface area contributed by atoms with Crippen LogP contribution in [-0.4, -0.2) is 0 Å². The van der Waals surface area contributed by atoms with E-state index in [1.165, 1.54) is 0 Å². The van der Waals surface area contributed by atoms with Crippen LogP contribution >= 0.6 is 23.2 Å². The van der Waals surface area contributed by atoms with Crippen LogP contribution < -0.4 is 4.31 Å². The smallest absolute Gasteiger partial charge is 0.0843 e. The SMILES string of the molecule is O=[S+]N(c1ccc(Cl)cc1)c1ccc(Cl)cc1. The second-order valence-electron chi connectivity index (χ2n) is 3.32. The van der Waals surface area contributed by atoms with Gasteiger partial charge in [-0.05, 0) is 48.5 Å². The van der Waals surface area contributed by atoms with E-state index < -0.39 is 0 Å². The van der Waals surface area contributed by atoms with Gasteiger partial charge in [0.15, 0.2) is 0 Å². The van der Waals surface area contributed by atoms with Gasteiger partial charge in [0.05, 0.1) is 4.21 Å². The van der Waals surface area contributed by atoms with E-state index >= 15 is 0 Å². The first-order chi connectivity index (χ1) is 8.20. The molecule has 0 atom stereocenters. The third-order valence-corrected chi connectivity index (χ3v) is 3.27. The molecule has 0 aliphatic heterocycles. The summed E-state index contributed by atoms with van der Waals surface area (Å²) in [5.74, 6) is 0. The number of rotatable bonds is 3. The molecular weight excluding hydrogens is 277 g/mol. The van der Waals surface area contributed by atoms with Crippen molar-refractivity contribution in [2.24, 2.45) is 0 Å². The van der Waals surface area contributed by atoms with Gasteiger partial charge in [-0.25, -0.2) is 0 Å². The number of hydrogen-bond donors (Lipinski definition) is 0. The van der Waals surface area contributed by atoms with Gasteiger partial charge >= 0.3 is 11.9 Å². The fourth-order valence-electron chi connectivity index (χ4n) is 1.39. The second kappa shape index (κ2) is 5.45. The monoisotopic (exact) mass is 284 g/mol. The van der Waals surface area contributed by atoms with E-state index in [9.17, 15) is 4.21 Å². The van der Waals surface area contributed by atoms with Crippen LogP contribution in [0.15, 0.2) is 48.5 Å². The minimum absolute atomic E-state index is 0.385. The molecule has 2 nitrogen and oxygen atoms in total. The number of anilines is 2. The summed E-state index contributed by atoms with van der Waals surface area (Å²) in [6.07, 6.45) is 0. The Morgan fingerprint density at radius 2 is 1.12 bits per heavy atom. The van der Waals surface area contributed by atoms with Crippen molar-refractivity contribution in [2.45, 2.75) is 0 Å². The second-order valence-corrected chi connectivity index (χ2v) is 4.71. The maximum absolute atomic E-state index is 11.2. The van der Waals surface area contributed by atoms with Crippen LogP contribution in [0, 0.1) is 0 Å². The molecule has 86 valence electrons. The minimum Gasteiger partial charge on any atom is -0.0843 e. The van der Waals surface area contributed by atoms with Crippen molar-refractivity contribution in [3.05, 3.63) is 58.6 Å². The summed E-state index contributed by atoms with van der Waals surface area (Å²) in [6, 6.07) is 14.2. The van der Waals surface area contributed by atoms with E-state index in [1.807, 2.05) is 0 Å². The summed E-state index contributed by atoms with van der Waals surface area (Å²) >= 11 is 12.0. The lowest BCUT2D eigenvalue weighted by atomic mass is 10.2. The van der Waals surface area contributed by atoms with Crippen molar-refractivity contribution in [2.75, 3.05) is 4.31 Å². The van der Waals surface area contributed by atoms with Crippen LogP contribution in [0.3, 0.4) is 0 Å². The van der Waals surface area contributed by atoms with Gasteiger partial charge in [0, 0.05) is 10.0 Å². The molecule has 0 heterocycles. The molecule has 2 aromatic rings. The zero-order valence-corrected chi connectivity index (χ0v) is 11.0. The maximum atomic E-state index is 11.2. The average molecular weight is 285 g/mol. The van der Waals surface area contributed by atoms with Crippen LogP contribution in [-0.2, 0) is 16.1 Å². The molecule has 0 spiro atoms. The number of nitrogens with zero attached hydrogens (tertiary/aromatic N) is 1. The molecule has 5 heteroatoms. The van der Waals surface area contributed by atoms with Gasteiger partial charge in [-0.15, -0.1) is 0 Å². The highest BCUT2D eigenvalue weighted by atomic mass is 35.5. The average Bonchev–Trinajstić information content (AvgIpc) is 2.35. The molecule has 0 unspecified atom stereocenters. The predicted molar refractivity (Wildman–Crippen MR) is 73.1 cm³/mol. The molecule has 0 radical (unpaired) electrons. The van der Waals surface area contributed by atoms with E-state index in [4.69, 9.17) is 23.2 Å². The molecule has 0 bridgehead atoms. The lowest BCUT2D eigenvalue weighted by Gasteiger charge is -2.06. The summed E-state index contributed by atoms with van der Waals surface area (Å²) in [6.45, 7) is 0. The Labute approximate surface area is 113 Å². The van der Waals surface area contributed by atoms with Gasteiger partial charge in [-0.2, -0.15) is 0 Å². The van der Waals surface area contributed by atoms with Gasteiger partial charge in [0.1, 0.15) is 11.4 Å². The molecule has 0 amide bonds. The first-order valence-electron chi connectivity index (χ1n) is 4.82. The first-order valence-corrected chi connectivity index (χ1v) is 6.27. The quantitative estimate of drug-likeness (QED) is 0.601. The molecule has 0 fully saturated rings. The highest BCUT2D eigenvalue weighted by Gasteiger charge is 2.20. The molecule has 0 saturated carbocycles. The molecule has 2 aromatic carbocycles. The van der Waals surface area contributed by atoms with Crippen molar-refractivity contribution in [1.82, 2.24) is 0 Å². The molecule has 0 N–H and O–H groups in total. The molecule has 0 aliphatic rings. The van der Waals surface area contributed by atoms with Crippen molar-refractivity contribution in [3.8, 4) is 0 Å². The van der Waals surface area contributed by atoms with Crippen LogP contribution in [0.1, 0.15) is 0 Å². The normalized spacial score (nSPS) is 10.0. The zero-order chi connectivity index (χ0) is 12.3. The summed E-state index contributed by atoms with van der Waals surface area (Å²) in [5.41, 5.74) is 1.55. The Balaban J connectivity index is 2.36. The molecule has 0 aliphatic carbocycles. The highest BCUT2D eigenvalue weighted by Crippen LogP contribution is 2.26. The number of halogens is 2. The Bertz CT molecular complexity index is 468. The highest BCUT2D eigenvalue weighted by molar-refractivity contribution is 7.67. The summed E-state index contributed by atoms with van der Waals surface area (Å²) in [7, 11) is 0. The first kappa shape index (κ1) is 12.3. The Morgan fingerprint density at radius 1 is 0.765 bits per heavy atom. The maximum Gasteiger partial charge on any atom is 0.632 e. The van der Waals surface area contributed by atoms with Crippen LogP contribution in [0.2, 0.25) is 10.0 Å². The third-order valence-electron chi connectivity index (χ3n) is 2.20. The molecular formula is C12H8Cl2NOS+. The largest absolute Gasteiger partial charge is 0.632 e. The molecule has 0 saturated heterocycles. The topological polar surface area (TPSA) is 20.3 Å². The van der Waals surface area contributed by atoms with Crippen molar-refractivity contribution in [1.29, 1.82) is 0 Å². The van der Waals surface area contributed by atoms with Crippen molar-refractivity contribution in [3.63, 3.8) is 0 Å². The molecule has 17 heavy (non-hydrogen) atoms. The number of hydrogen-bond acceptors (Lipinski definition) is 1. The van der Waals surface area contributed by atoms with Gasteiger partial charge in [0.2, 0.25) is 0 Å². The van der Waals surface area contributed by atoms with Gasteiger partial charge < -0.3 is 0 Å². The van der Waals surface area contributed by atoms with E-state index in [1.54, 1.807) is 52.8 Å². The summed E-state index contributed by atoms with van der Waals surface area (Å²) in [5, 5.41) is 1.28. The van der Waals surface area contributed by atoms with Gasteiger partial charge in [-0.1, -0.05) is 27.5 Å². The van der Waals surface area contributed by atoms with E-state index in [0.717, 1.165) is 11.4 Å². The lowest BCUT2D eigenvalue weighted by Crippen LogP contribution is -2.09. The number of benzene rings is 2. The van der Waals surface area contributed by atoms with E-state index in [-0.39, 0.29) is 0 Å². The van der Waals surface area contributed by atoms with Crippen molar-refractivity contribution < 1.29 is 4.21 Å². The van der Waals surface area contributed by atoms with Crippen LogP contribution in [0.4, 0.5) is 11.4 Å². The van der Waals surface area contributed by atoms with Crippen LogP contribution in [0.5, 0.6) is 0 Å². The predicted octanol–water partition coefficient (Wildman–Crippen LogP) is 4.47. The zero-order valence-electron chi connectivity index (χ0n) is 8.64. The van der Waals surface area contributed by atoms with Crippen LogP contribution in [0.25, 0.3) is 0 Å². The summed E-state index contributed by atoms with van der Waals surface area (Å²) < 4.78 is 12.7. The Hall–Kier alpha value is -1.16. The molecule has 0 aromatic heterocycles. The minimum atomic E-state index is 0.385. The van der Waals surface area contributed by atoms with Gasteiger partial charge in [0.25, 0.3) is 0 Å². The van der Waals surface area contributed by atoms with E-state index in [0.29, 0.717) is 21.9 Å². The summed E-state index contributed by atoms with van der Waals surface area (Å²) in [4.78, 5) is 0. The molecule has 2 rings (SSSR count). The lowest BCUT2D eigenvalue weighted by molar-refractivity contribution is 0.605. The third kappa shape index (κ3) is 2.94.